The van der Waals surface area contributed by atoms with E-state index in [-0.39, 0.29) is 11.8 Å². The number of likely N-dealkylation sites (tertiary alicyclic amines) is 2. The third-order valence-corrected chi connectivity index (χ3v) is 5.69. The quantitative estimate of drug-likeness (QED) is 0.831. The molecule has 0 unspecified atom stereocenters. The van der Waals surface area contributed by atoms with Gasteiger partial charge < -0.3 is 14.5 Å². The molecule has 26 heavy (non-hydrogen) atoms. The van der Waals surface area contributed by atoms with Crippen molar-refractivity contribution in [3.8, 4) is 0 Å². The summed E-state index contributed by atoms with van der Waals surface area (Å²) in [5.41, 5.74) is 0.974. The van der Waals surface area contributed by atoms with E-state index in [1.54, 1.807) is 17.8 Å². The molecule has 2 aromatic rings. The molecule has 0 radical (unpaired) electrons. The average molecular weight is 356 g/mol. The zero-order chi connectivity index (χ0) is 18.1. The Morgan fingerprint density at radius 2 is 2.19 bits per heavy atom. The van der Waals surface area contributed by atoms with Gasteiger partial charge in [0, 0.05) is 39.5 Å². The molecular formula is C19H24N4O3. The van der Waals surface area contributed by atoms with Gasteiger partial charge in [-0.2, -0.15) is 5.10 Å². The van der Waals surface area contributed by atoms with Gasteiger partial charge in [-0.25, -0.2) is 4.52 Å². The smallest absolute Gasteiger partial charge is 0.257 e. The van der Waals surface area contributed by atoms with Crippen molar-refractivity contribution in [2.75, 3.05) is 39.9 Å². The molecule has 2 aliphatic rings. The summed E-state index contributed by atoms with van der Waals surface area (Å²) in [4.78, 5) is 29.8. The minimum Gasteiger partial charge on any atom is -0.383 e. The van der Waals surface area contributed by atoms with Crippen LogP contribution in [-0.2, 0) is 9.53 Å². The lowest BCUT2D eigenvalue weighted by Gasteiger charge is -2.39. The average Bonchev–Trinajstić information content (AvgIpc) is 3.28. The maximum absolute atomic E-state index is 13.0. The first-order valence-electron chi connectivity index (χ1n) is 9.15. The van der Waals surface area contributed by atoms with Gasteiger partial charge in [0.15, 0.2) is 0 Å². The van der Waals surface area contributed by atoms with Gasteiger partial charge in [0.05, 0.1) is 29.3 Å². The first kappa shape index (κ1) is 17.0. The molecule has 2 amide bonds. The van der Waals surface area contributed by atoms with E-state index in [1.165, 1.54) is 0 Å². The van der Waals surface area contributed by atoms with Crippen molar-refractivity contribution in [3.05, 3.63) is 36.2 Å². The second-order valence-electron chi connectivity index (χ2n) is 7.23. The highest BCUT2D eigenvalue weighted by atomic mass is 16.5. The summed E-state index contributed by atoms with van der Waals surface area (Å²) in [5, 5.41) is 4.26. The zero-order valence-corrected chi connectivity index (χ0v) is 15.1. The SMILES string of the molecule is COCCN1CCC[C@]2(CCN(C(=O)c3cnn4ccccc34)C2)C1=O. The summed E-state index contributed by atoms with van der Waals surface area (Å²) in [6.45, 7) is 3.07. The Morgan fingerprint density at radius 3 is 3.04 bits per heavy atom. The fourth-order valence-electron chi connectivity index (χ4n) is 4.26. The molecule has 7 heteroatoms. The number of piperidine rings is 1. The lowest BCUT2D eigenvalue weighted by molar-refractivity contribution is -0.146. The third-order valence-electron chi connectivity index (χ3n) is 5.69. The fourth-order valence-corrected chi connectivity index (χ4v) is 4.26. The van der Waals surface area contributed by atoms with Crippen LogP contribution >= 0.6 is 0 Å². The highest BCUT2D eigenvalue weighted by Gasteiger charge is 2.49. The fraction of sp³-hybridized carbons (Fsp3) is 0.526. The van der Waals surface area contributed by atoms with Gasteiger partial charge in [0.25, 0.3) is 5.91 Å². The molecule has 4 rings (SSSR count). The second kappa shape index (κ2) is 6.72. The van der Waals surface area contributed by atoms with Gasteiger partial charge in [0.1, 0.15) is 0 Å². The predicted octanol–water partition coefficient (Wildman–Crippen LogP) is 1.44. The number of amides is 2. The van der Waals surface area contributed by atoms with Crippen LogP contribution in [-0.4, -0.2) is 71.1 Å². The first-order valence-corrected chi connectivity index (χ1v) is 9.15. The molecule has 2 fully saturated rings. The molecule has 2 saturated heterocycles. The van der Waals surface area contributed by atoms with Crippen LogP contribution < -0.4 is 0 Å². The number of methoxy groups -OCH3 is 1. The van der Waals surface area contributed by atoms with Crippen LogP contribution in [0.25, 0.3) is 5.52 Å². The van der Waals surface area contributed by atoms with Crippen LogP contribution in [0.5, 0.6) is 0 Å². The van der Waals surface area contributed by atoms with E-state index in [9.17, 15) is 9.59 Å². The number of carbonyl (C=O) groups is 2. The Morgan fingerprint density at radius 1 is 1.31 bits per heavy atom. The van der Waals surface area contributed by atoms with Crippen LogP contribution in [0.3, 0.4) is 0 Å². The number of aromatic nitrogens is 2. The highest BCUT2D eigenvalue weighted by Crippen LogP contribution is 2.40. The van der Waals surface area contributed by atoms with E-state index >= 15 is 0 Å². The Kier molecular flexibility index (Phi) is 4.40. The van der Waals surface area contributed by atoms with E-state index in [2.05, 4.69) is 5.10 Å². The molecule has 1 spiro atoms. The lowest BCUT2D eigenvalue weighted by atomic mass is 9.78. The topological polar surface area (TPSA) is 67.2 Å². The minimum absolute atomic E-state index is 0.0371. The van der Waals surface area contributed by atoms with Gasteiger partial charge in [-0.3, -0.25) is 9.59 Å². The molecule has 0 aromatic carbocycles. The standard InChI is InChI=1S/C19H24N4O3/c1-26-12-11-21-8-4-6-19(18(21)25)7-10-22(14-19)17(24)15-13-20-23-9-3-2-5-16(15)23/h2-3,5,9,13H,4,6-8,10-12,14H2,1H3/t19-/m1/s1. The Labute approximate surface area is 152 Å². The summed E-state index contributed by atoms with van der Waals surface area (Å²) in [6, 6.07) is 5.68. The Balaban J connectivity index is 1.52. The van der Waals surface area contributed by atoms with Crippen molar-refractivity contribution in [1.29, 1.82) is 0 Å². The summed E-state index contributed by atoms with van der Waals surface area (Å²) >= 11 is 0. The molecule has 1 atom stereocenters. The number of fused-ring (bicyclic) bond motifs is 1. The van der Waals surface area contributed by atoms with Crippen molar-refractivity contribution in [2.24, 2.45) is 5.41 Å². The molecular weight excluding hydrogens is 332 g/mol. The van der Waals surface area contributed by atoms with E-state index < -0.39 is 5.41 Å². The molecule has 2 aromatic heterocycles. The lowest BCUT2D eigenvalue weighted by Crippen LogP contribution is -2.51. The first-order chi connectivity index (χ1) is 12.6. The van der Waals surface area contributed by atoms with Gasteiger partial charge in [-0.1, -0.05) is 6.07 Å². The molecule has 0 aliphatic carbocycles. The van der Waals surface area contributed by atoms with Gasteiger partial charge in [-0.15, -0.1) is 0 Å². The normalized spacial score (nSPS) is 23.3. The molecule has 2 aliphatic heterocycles. The van der Waals surface area contributed by atoms with Gasteiger partial charge in [0.2, 0.25) is 5.91 Å². The zero-order valence-electron chi connectivity index (χ0n) is 15.1. The molecule has 0 bridgehead atoms. The number of pyridine rings is 1. The third kappa shape index (κ3) is 2.76. The molecule has 0 N–H and O–H groups in total. The van der Waals surface area contributed by atoms with Crippen LogP contribution in [0.2, 0.25) is 0 Å². The van der Waals surface area contributed by atoms with E-state index in [4.69, 9.17) is 4.74 Å². The number of carbonyl (C=O) groups excluding carboxylic acids is 2. The van der Waals surface area contributed by atoms with E-state index in [0.717, 1.165) is 31.3 Å². The van der Waals surface area contributed by atoms with Crippen LogP contribution in [0.4, 0.5) is 0 Å². The van der Waals surface area contributed by atoms with Crippen molar-refractivity contribution < 1.29 is 14.3 Å². The summed E-state index contributed by atoms with van der Waals surface area (Å²) in [7, 11) is 1.65. The van der Waals surface area contributed by atoms with Gasteiger partial charge >= 0.3 is 0 Å². The monoisotopic (exact) mass is 356 g/mol. The minimum atomic E-state index is -0.426. The van der Waals surface area contributed by atoms with Crippen LogP contribution in [0, 0.1) is 5.41 Å². The Bertz CT molecular complexity index is 833. The van der Waals surface area contributed by atoms with Crippen molar-refractivity contribution >= 4 is 17.3 Å². The largest absolute Gasteiger partial charge is 0.383 e. The number of hydrogen-bond donors (Lipinski definition) is 0. The molecule has 138 valence electrons. The second-order valence-corrected chi connectivity index (χ2v) is 7.23. The number of hydrogen-bond acceptors (Lipinski definition) is 4. The highest BCUT2D eigenvalue weighted by molar-refractivity contribution is 6.01. The van der Waals surface area contributed by atoms with E-state index in [1.807, 2.05) is 34.2 Å². The van der Waals surface area contributed by atoms with Crippen molar-refractivity contribution in [3.63, 3.8) is 0 Å². The maximum atomic E-state index is 13.0. The van der Waals surface area contributed by atoms with E-state index in [0.29, 0.717) is 31.8 Å². The molecule has 7 nitrogen and oxygen atoms in total. The van der Waals surface area contributed by atoms with Gasteiger partial charge in [-0.05, 0) is 31.4 Å². The molecule has 4 heterocycles. The van der Waals surface area contributed by atoms with Crippen molar-refractivity contribution in [2.45, 2.75) is 19.3 Å². The number of ether oxygens (including phenoxy) is 1. The van der Waals surface area contributed by atoms with Crippen LogP contribution in [0.15, 0.2) is 30.6 Å². The number of rotatable bonds is 4. The Hall–Kier alpha value is -2.41. The van der Waals surface area contributed by atoms with Crippen molar-refractivity contribution in [1.82, 2.24) is 19.4 Å². The van der Waals surface area contributed by atoms with Crippen LogP contribution in [0.1, 0.15) is 29.6 Å². The number of nitrogens with zero attached hydrogens (tertiary/aromatic N) is 4. The maximum Gasteiger partial charge on any atom is 0.257 e. The molecule has 0 saturated carbocycles. The summed E-state index contributed by atoms with van der Waals surface area (Å²) < 4.78 is 6.83. The summed E-state index contributed by atoms with van der Waals surface area (Å²) in [5.74, 6) is 0.140. The predicted molar refractivity (Wildman–Crippen MR) is 95.8 cm³/mol. The summed E-state index contributed by atoms with van der Waals surface area (Å²) in [6.07, 6.45) is 6.02.